The number of nitrogens with one attached hydrogen (secondary N) is 1. The Morgan fingerprint density at radius 3 is 2.69 bits per heavy atom. The van der Waals surface area contributed by atoms with Crippen molar-refractivity contribution in [3.63, 3.8) is 0 Å². The van der Waals surface area contributed by atoms with Crippen molar-refractivity contribution in [2.75, 3.05) is 12.3 Å². The highest BCUT2D eigenvalue weighted by atomic mass is 79.9. The molecule has 1 aromatic carbocycles. The van der Waals surface area contributed by atoms with E-state index < -0.39 is 5.60 Å². The smallest absolute Gasteiger partial charge is 0.407 e. The Morgan fingerprint density at radius 2 is 1.97 bits per heavy atom. The molecular formula is C20H26BrN5O2S. The lowest BCUT2D eigenvalue weighted by molar-refractivity contribution is 0.0527. The fourth-order valence-corrected chi connectivity index (χ4v) is 3.92. The topological polar surface area (TPSA) is 81.4 Å². The maximum absolute atomic E-state index is 11.6. The number of carbonyl (C=O) groups is 1. The number of halogens is 1. The van der Waals surface area contributed by atoms with Gasteiger partial charge in [0.05, 0.1) is 5.71 Å². The molecule has 1 aromatic heterocycles. The van der Waals surface area contributed by atoms with E-state index in [4.69, 9.17) is 9.84 Å². The molecular weight excluding hydrogens is 454 g/mol. The minimum Gasteiger partial charge on any atom is -0.444 e. The highest BCUT2D eigenvalue weighted by Gasteiger charge is 2.19. The molecule has 0 aliphatic carbocycles. The van der Waals surface area contributed by atoms with Gasteiger partial charge >= 0.3 is 6.09 Å². The molecule has 0 saturated heterocycles. The van der Waals surface area contributed by atoms with Crippen molar-refractivity contribution in [2.24, 2.45) is 5.10 Å². The monoisotopic (exact) mass is 479 g/mol. The number of rotatable bonds is 7. The van der Waals surface area contributed by atoms with Gasteiger partial charge in [0.1, 0.15) is 5.60 Å². The molecule has 1 amide bonds. The molecule has 0 radical (unpaired) electrons. The number of benzene rings is 1. The summed E-state index contributed by atoms with van der Waals surface area (Å²) in [5.41, 5.74) is 1.67. The van der Waals surface area contributed by atoms with Crippen LogP contribution < -0.4 is 5.32 Å². The van der Waals surface area contributed by atoms with Crippen LogP contribution in [0.1, 0.15) is 51.4 Å². The highest BCUT2D eigenvalue weighted by Crippen LogP contribution is 2.25. The maximum atomic E-state index is 11.6. The molecule has 0 fully saturated rings. The summed E-state index contributed by atoms with van der Waals surface area (Å²) in [4.78, 5) is 11.6. The molecule has 7 nitrogen and oxygen atoms in total. The maximum Gasteiger partial charge on any atom is 0.407 e. The Balaban J connectivity index is 1.47. The second-order valence-electron chi connectivity index (χ2n) is 7.79. The van der Waals surface area contributed by atoms with Crippen LogP contribution in [0.4, 0.5) is 4.79 Å². The Hall–Kier alpha value is -1.87. The number of aryl methyl sites for hydroxylation is 1. The zero-order valence-electron chi connectivity index (χ0n) is 16.9. The lowest BCUT2D eigenvalue weighted by atomic mass is 10.1. The van der Waals surface area contributed by atoms with Crippen molar-refractivity contribution >= 4 is 39.5 Å². The summed E-state index contributed by atoms with van der Waals surface area (Å²) < 4.78 is 8.15. The number of carbonyl (C=O) groups excluding carboxylic acids is 1. The minimum atomic E-state index is -0.468. The summed E-state index contributed by atoms with van der Waals surface area (Å²) in [7, 11) is 0. The molecule has 0 spiro atoms. The molecule has 1 aliphatic rings. The quantitative estimate of drug-likeness (QED) is 0.585. The number of ether oxygens (including phenoxy) is 1. The number of fused-ring (bicyclic) bond motifs is 1. The molecule has 0 atom stereocenters. The van der Waals surface area contributed by atoms with Gasteiger partial charge in [0.2, 0.25) is 5.16 Å². The van der Waals surface area contributed by atoms with Gasteiger partial charge in [-0.25, -0.2) is 4.79 Å². The lowest BCUT2D eigenvalue weighted by Gasteiger charge is -2.19. The van der Waals surface area contributed by atoms with Crippen molar-refractivity contribution in [3.05, 3.63) is 40.1 Å². The molecule has 1 aliphatic heterocycles. The number of thioether (sulfide) groups is 1. The van der Waals surface area contributed by atoms with E-state index in [1.807, 2.05) is 37.6 Å². The number of alkyl carbamates (subject to hydrolysis) is 1. The normalized spacial score (nSPS) is 13.6. The van der Waals surface area contributed by atoms with Crippen LogP contribution in [0, 0.1) is 0 Å². The van der Waals surface area contributed by atoms with E-state index in [-0.39, 0.29) is 6.09 Å². The summed E-state index contributed by atoms with van der Waals surface area (Å²) in [5.74, 6) is 1.66. The average Bonchev–Trinajstić information content (AvgIpc) is 3.06. The fourth-order valence-electron chi connectivity index (χ4n) is 2.80. The molecule has 2 heterocycles. The van der Waals surface area contributed by atoms with Gasteiger partial charge in [0, 0.05) is 23.2 Å². The third kappa shape index (κ3) is 6.57. The summed E-state index contributed by atoms with van der Waals surface area (Å²) in [6.07, 6.45) is 3.27. The zero-order chi connectivity index (χ0) is 20.9. The van der Waals surface area contributed by atoms with Crippen LogP contribution in [-0.4, -0.2) is 44.6 Å². The fraction of sp³-hybridized carbons (Fsp3) is 0.500. The molecule has 9 heteroatoms. The van der Waals surface area contributed by atoms with Crippen LogP contribution in [0.5, 0.6) is 0 Å². The molecule has 29 heavy (non-hydrogen) atoms. The van der Waals surface area contributed by atoms with Crippen LogP contribution in [0.2, 0.25) is 0 Å². The van der Waals surface area contributed by atoms with Gasteiger partial charge in [-0.05, 0) is 51.3 Å². The Bertz CT molecular complexity index is 874. The van der Waals surface area contributed by atoms with Crippen LogP contribution in [0.15, 0.2) is 39.0 Å². The van der Waals surface area contributed by atoms with Crippen molar-refractivity contribution in [1.82, 2.24) is 20.2 Å². The molecule has 0 unspecified atom stereocenters. The van der Waals surface area contributed by atoms with Crippen molar-refractivity contribution in [1.29, 1.82) is 0 Å². The standard InChI is InChI=1S/C20H26BrN5O2S/c1-20(2,3)28-19(27)22-12-6-4-5-7-17-23-24-18-26(17)25-16(13-29-18)14-8-10-15(21)11-9-14/h8-11H,4-7,12-13H2,1-3H3,(H,22,27). The number of aromatic nitrogens is 3. The van der Waals surface area contributed by atoms with Gasteiger partial charge in [-0.2, -0.15) is 9.78 Å². The van der Waals surface area contributed by atoms with Crippen LogP contribution >= 0.6 is 27.7 Å². The Labute approximate surface area is 183 Å². The first-order chi connectivity index (χ1) is 13.8. The number of unbranched alkanes of at least 4 members (excludes halogenated alkanes) is 2. The Morgan fingerprint density at radius 1 is 1.21 bits per heavy atom. The van der Waals surface area contributed by atoms with E-state index in [1.54, 1.807) is 11.8 Å². The SMILES string of the molecule is CC(C)(C)OC(=O)NCCCCCc1nnc2n1N=C(c1ccc(Br)cc1)CS2. The van der Waals surface area contributed by atoms with E-state index in [0.29, 0.717) is 6.54 Å². The molecule has 156 valence electrons. The van der Waals surface area contributed by atoms with E-state index in [1.165, 1.54) is 0 Å². The van der Waals surface area contributed by atoms with Crippen LogP contribution in [0.25, 0.3) is 0 Å². The van der Waals surface area contributed by atoms with Gasteiger partial charge in [-0.15, -0.1) is 10.2 Å². The van der Waals surface area contributed by atoms with Crippen LogP contribution in [0.3, 0.4) is 0 Å². The van der Waals surface area contributed by atoms with Crippen molar-refractivity contribution in [2.45, 2.75) is 57.2 Å². The van der Waals surface area contributed by atoms with E-state index in [2.05, 4.69) is 43.6 Å². The Kier molecular flexibility index (Phi) is 7.34. The predicted octanol–water partition coefficient (Wildman–Crippen LogP) is 4.64. The molecule has 2 aromatic rings. The summed E-state index contributed by atoms with van der Waals surface area (Å²) >= 11 is 5.12. The first kappa shape index (κ1) is 21.8. The summed E-state index contributed by atoms with van der Waals surface area (Å²) in [5, 5.41) is 17.0. The largest absolute Gasteiger partial charge is 0.444 e. The van der Waals surface area contributed by atoms with E-state index >= 15 is 0 Å². The highest BCUT2D eigenvalue weighted by molar-refractivity contribution is 9.10. The minimum absolute atomic E-state index is 0.365. The van der Waals surface area contributed by atoms with Crippen molar-refractivity contribution in [3.8, 4) is 0 Å². The lowest BCUT2D eigenvalue weighted by Crippen LogP contribution is -2.32. The second kappa shape index (κ2) is 9.75. The van der Waals surface area contributed by atoms with Gasteiger partial charge in [0.15, 0.2) is 5.82 Å². The van der Waals surface area contributed by atoms with Gasteiger partial charge in [-0.1, -0.05) is 46.2 Å². The predicted molar refractivity (Wildman–Crippen MR) is 119 cm³/mol. The molecule has 0 bridgehead atoms. The third-order valence-electron chi connectivity index (χ3n) is 4.16. The number of hydrogen-bond donors (Lipinski definition) is 1. The number of hydrogen-bond acceptors (Lipinski definition) is 6. The number of amides is 1. The van der Waals surface area contributed by atoms with Gasteiger partial charge in [-0.3, -0.25) is 0 Å². The molecule has 0 saturated carbocycles. The van der Waals surface area contributed by atoms with Crippen LogP contribution in [-0.2, 0) is 11.2 Å². The number of nitrogens with zero attached hydrogens (tertiary/aromatic N) is 4. The zero-order valence-corrected chi connectivity index (χ0v) is 19.3. The summed E-state index contributed by atoms with van der Waals surface area (Å²) in [6.45, 7) is 6.17. The second-order valence-corrected chi connectivity index (χ2v) is 9.65. The average molecular weight is 480 g/mol. The molecule has 1 N–H and O–H groups in total. The third-order valence-corrected chi connectivity index (χ3v) is 5.62. The first-order valence-corrected chi connectivity index (χ1v) is 11.5. The summed E-state index contributed by atoms with van der Waals surface area (Å²) in [6, 6.07) is 8.18. The molecule has 3 rings (SSSR count). The van der Waals surface area contributed by atoms with Gasteiger partial charge in [0.25, 0.3) is 0 Å². The van der Waals surface area contributed by atoms with Crippen molar-refractivity contribution < 1.29 is 9.53 Å². The first-order valence-electron chi connectivity index (χ1n) is 9.69. The van der Waals surface area contributed by atoms with E-state index in [9.17, 15) is 4.79 Å². The van der Waals surface area contributed by atoms with E-state index in [0.717, 1.165) is 58.2 Å². The van der Waals surface area contributed by atoms with Gasteiger partial charge < -0.3 is 10.1 Å².